The summed E-state index contributed by atoms with van der Waals surface area (Å²) in [6, 6.07) is 2.07. The van der Waals surface area contributed by atoms with E-state index >= 15 is 0 Å². The smallest absolute Gasteiger partial charge is 0.0841 e. The summed E-state index contributed by atoms with van der Waals surface area (Å²) in [6.07, 6.45) is 3.32. The number of morpholine rings is 1. The zero-order valence-electron chi connectivity index (χ0n) is 10.5. The molecule has 4 nitrogen and oxygen atoms in total. The van der Waals surface area contributed by atoms with Crippen LogP contribution in [0.2, 0.25) is 0 Å². The molecule has 0 bridgehead atoms. The molecule has 0 amide bonds. The molecule has 1 saturated heterocycles. The van der Waals surface area contributed by atoms with Crippen LogP contribution in [0.3, 0.4) is 0 Å². The van der Waals surface area contributed by atoms with Crippen molar-refractivity contribution in [2.45, 2.75) is 25.6 Å². The first-order valence-electron chi connectivity index (χ1n) is 6.09. The molecule has 17 heavy (non-hydrogen) atoms. The van der Waals surface area contributed by atoms with Gasteiger partial charge in [0.25, 0.3) is 0 Å². The molecule has 1 fully saturated rings. The minimum absolute atomic E-state index is 0.173. The third-order valence-electron chi connectivity index (χ3n) is 3.18. The van der Waals surface area contributed by atoms with E-state index in [1.165, 1.54) is 5.69 Å². The second-order valence-corrected chi connectivity index (χ2v) is 4.99. The number of hydrogen-bond acceptors (Lipinski definition) is 3. The predicted octanol–water partition coefficient (Wildman–Crippen LogP) is 1.29. The molecule has 0 radical (unpaired) electrons. The molecule has 96 valence electrons. The Morgan fingerprint density at radius 1 is 1.53 bits per heavy atom. The van der Waals surface area contributed by atoms with Crippen molar-refractivity contribution < 1.29 is 4.74 Å². The van der Waals surface area contributed by atoms with Crippen LogP contribution in [0.4, 0.5) is 0 Å². The van der Waals surface area contributed by atoms with E-state index in [0.717, 1.165) is 26.1 Å². The van der Waals surface area contributed by atoms with Crippen molar-refractivity contribution in [3.63, 3.8) is 0 Å². The molecule has 2 unspecified atom stereocenters. The Labute approximate surface area is 107 Å². The van der Waals surface area contributed by atoms with Crippen LogP contribution in [0.1, 0.15) is 12.6 Å². The average molecular weight is 258 g/mol. The Kier molecular flexibility index (Phi) is 4.42. The summed E-state index contributed by atoms with van der Waals surface area (Å²) >= 11 is 5.87. The average Bonchev–Trinajstić information content (AvgIpc) is 2.71. The van der Waals surface area contributed by atoms with E-state index in [2.05, 4.69) is 23.0 Å². The Bertz CT molecular complexity index is 355. The van der Waals surface area contributed by atoms with Crippen molar-refractivity contribution in [3.8, 4) is 0 Å². The summed E-state index contributed by atoms with van der Waals surface area (Å²) in [5.74, 6) is 0.576. The van der Waals surface area contributed by atoms with Crippen molar-refractivity contribution >= 4 is 11.6 Å². The Morgan fingerprint density at radius 3 is 3.00 bits per heavy atom. The second kappa shape index (κ2) is 5.85. The highest BCUT2D eigenvalue weighted by atomic mass is 35.5. The quantitative estimate of drug-likeness (QED) is 0.762. The fourth-order valence-electron chi connectivity index (χ4n) is 2.33. The standard InChI is InChI=1S/C12H20ClN3O/c1-10-8-16(9-12(7-13)17-10)6-4-11-3-5-14-15(11)2/h3,5,10,12H,4,6-9H2,1-2H3. The van der Waals surface area contributed by atoms with Crippen LogP contribution in [0.15, 0.2) is 12.3 Å². The van der Waals surface area contributed by atoms with Gasteiger partial charge in [-0.1, -0.05) is 0 Å². The predicted molar refractivity (Wildman–Crippen MR) is 68.4 cm³/mol. The molecule has 0 aliphatic carbocycles. The maximum Gasteiger partial charge on any atom is 0.0841 e. The summed E-state index contributed by atoms with van der Waals surface area (Å²) < 4.78 is 7.67. The van der Waals surface area contributed by atoms with Gasteiger partial charge in [-0.05, 0) is 13.0 Å². The van der Waals surface area contributed by atoms with Gasteiger partial charge in [-0.2, -0.15) is 5.10 Å². The molecular formula is C12H20ClN3O. The van der Waals surface area contributed by atoms with E-state index in [9.17, 15) is 0 Å². The normalized spacial score (nSPS) is 26.3. The largest absolute Gasteiger partial charge is 0.371 e. The monoisotopic (exact) mass is 257 g/mol. The third-order valence-corrected chi connectivity index (χ3v) is 3.52. The summed E-state index contributed by atoms with van der Waals surface area (Å²) in [4.78, 5) is 2.42. The van der Waals surface area contributed by atoms with Gasteiger partial charge >= 0.3 is 0 Å². The molecule has 0 aromatic carbocycles. The Hall–Kier alpha value is -0.580. The van der Waals surface area contributed by atoms with E-state index in [1.54, 1.807) is 0 Å². The van der Waals surface area contributed by atoms with Gasteiger partial charge in [-0.3, -0.25) is 9.58 Å². The van der Waals surface area contributed by atoms with Crippen LogP contribution in [0.25, 0.3) is 0 Å². The first kappa shape index (κ1) is 12.9. The van der Waals surface area contributed by atoms with Gasteiger partial charge in [0.2, 0.25) is 0 Å². The van der Waals surface area contributed by atoms with Gasteiger partial charge in [0.15, 0.2) is 0 Å². The van der Waals surface area contributed by atoms with E-state index < -0.39 is 0 Å². The molecule has 0 spiro atoms. The molecule has 2 heterocycles. The first-order chi connectivity index (χ1) is 8.19. The lowest BCUT2D eigenvalue weighted by molar-refractivity contribution is -0.0660. The summed E-state index contributed by atoms with van der Waals surface area (Å²) in [6.45, 7) is 5.08. The summed E-state index contributed by atoms with van der Waals surface area (Å²) in [7, 11) is 1.98. The summed E-state index contributed by atoms with van der Waals surface area (Å²) in [5, 5.41) is 4.18. The Morgan fingerprint density at radius 2 is 2.35 bits per heavy atom. The molecule has 1 aromatic heterocycles. The zero-order chi connectivity index (χ0) is 12.3. The molecular weight excluding hydrogens is 238 g/mol. The van der Waals surface area contributed by atoms with Crippen molar-refractivity contribution in [2.75, 3.05) is 25.5 Å². The number of rotatable bonds is 4. The third kappa shape index (κ3) is 3.44. The molecule has 5 heteroatoms. The minimum atomic E-state index is 0.173. The van der Waals surface area contributed by atoms with Gasteiger partial charge in [0.1, 0.15) is 0 Å². The van der Waals surface area contributed by atoms with Crippen LogP contribution in [-0.4, -0.2) is 52.4 Å². The lowest BCUT2D eigenvalue weighted by atomic mass is 10.2. The van der Waals surface area contributed by atoms with E-state index in [1.807, 2.05) is 17.9 Å². The van der Waals surface area contributed by atoms with E-state index in [0.29, 0.717) is 5.88 Å². The SMILES string of the molecule is CC1CN(CCc2ccnn2C)CC(CCl)O1. The van der Waals surface area contributed by atoms with Crippen LogP contribution in [0, 0.1) is 0 Å². The number of hydrogen-bond donors (Lipinski definition) is 0. The molecule has 1 aliphatic rings. The van der Waals surface area contributed by atoms with E-state index in [-0.39, 0.29) is 12.2 Å². The van der Waals surface area contributed by atoms with Crippen molar-refractivity contribution in [1.29, 1.82) is 0 Å². The highest BCUT2D eigenvalue weighted by Crippen LogP contribution is 2.13. The fourth-order valence-corrected chi connectivity index (χ4v) is 2.50. The van der Waals surface area contributed by atoms with Crippen LogP contribution < -0.4 is 0 Å². The van der Waals surface area contributed by atoms with E-state index in [4.69, 9.17) is 16.3 Å². The minimum Gasteiger partial charge on any atom is -0.371 e. The second-order valence-electron chi connectivity index (χ2n) is 4.68. The van der Waals surface area contributed by atoms with Gasteiger partial charge in [-0.25, -0.2) is 0 Å². The van der Waals surface area contributed by atoms with Gasteiger partial charge in [-0.15, -0.1) is 11.6 Å². The number of aromatic nitrogens is 2. The van der Waals surface area contributed by atoms with Crippen molar-refractivity contribution in [1.82, 2.24) is 14.7 Å². The van der Waals surface area contributed by atoms with Crippen LogP contribution in [0.5, 0.6) is 0 Å². The number of nitrogens with zero attached hydrogens (tertiary/aromatic N) is 3. The molecule has 1 aromatic rings. The molecule has 2 atom stereocenters. The summed E-state index contributed by atoms with van der Waals surface area (Å²) in [5.41, 5.74) is 1.27. The fraction of sp³-hybridized carbons (Fsp3) is 0.750. The molecule has 2 rings (SSSR count). The zero-order valence-corrected chi connectivity index (χ0v) is 11.2. The lowest BCUT2D eigenvalue weighted by Gasteiger charge is -2.36. The maximum atomic E-state index is 5.87. The van der Waals surface area contributed by atoms with Crippen LogP contribution in [-0.2, 0) is 18.2 Å². The number of aryl methyl sites for hydroxylation is 1. The molecule has 1 aliphatic heterocycles. The molecule has 0 N–H and O–H groups in total. The highest BCUT2D eigenvalue weighted by molar-refractivity contribution is 6.18. The number of alkyl halides is 1. The van der Waals surface area contributed by atoms with Crippen molar-refractivity contribution in [2.24, 2.45) is 7.05 Å². The molecule has 0 saturated carbocycles. The number of halogens is 1. The number of ether oxygens (including phenoxy) is 1. The van der Waals surface area contributed by atoms with Crippen LogP contribution >= 0.6 is 11.6 Å². The Balaban J connectivity index is 1.84. The van der Waals surface area contributed by atoms with Gasteiger partial charge < -0.3 is 4.74 Å². The van der Waals surface area contributed by atoms with Gasteiger partial charge in [0.05, 0.1) is 12.2 Å². The van der Waals surface area contributed by atoms with Gasteiger partial charge in [0, 0.05) is 50.9 Å². The lowest BCUT2D eigenvalue weighted by Crippen LogP contribution is -2.47. The highest BCUT2D eigenvalue weighted by Gasteiger charge is 2.24. The topological polar surface area (TPSA) is 30.3 Å². The van der Waals surface area contributed by atoms with Crippen molar-refractivity contribution in [3.05, 3.63) is 18.0 Å². The first-order valence-corrected chi connectivity index (χ1v) is 6.63. The maximum absolute atomic E-state index is 5.87.